The van der Waals surface area contributed by atoms with Crippen molar-refractivity contribution in [3.63, 3.8) is 0 Å². The third-order valence-corrected chi connectivity index (χ3v) is 2.50. The van der Waals surface area contributed by atoms with Crippen LogP contribution in [0.25, 0.3) is 0 Å². The third-order valence-electron chi connectivity index (χ3n) is 2.50. The third kappa shape index (κ3) is 1.34. The van der Waals surface area contributed by atoms with E-state index in [2.05, 4.69) is 5.32 Å². The highest BCUT2D eigenvalue weighted by Gasteiger charge is 2.38. The van der Waals surface area contributed by atoms with Gasteiger partial charge >= 0.3 is 5.97 Å². The van der Waals surface area contributed by atoms with Gasteiger partial charge in [0.05, 0.1) is 0 Å². The molecule has 0 saturated heterocycles. The van der Waals surface area contributed by atoms with E-state index < -0.39 is 11.6 Å². The molecule has 1 amide bonds. The first-order valence-corrected chi connectivity index (χ1v) is 4.76. The molecule has 0 unspecified atom stereocenters. The molecule has 6 heteroatoms. The van der Waals surface area contributed by atoms with Crippen LogP contribution in [0.15, 0.2) is 6.20 Å². The summed E-state index contributed by atoms with van der Waals surface area (Å²) in [6.45, 7) is 3.25. The summed E-state index contributed by atoms with van der Waals surface area (Å²) in [7, 11) is 1.59. The van der Waals surface area contributed by atoms with Crippen LogP contribution < -0.4 is 10.1 Å². The Balaban J connectivity index is 2.56. The Hall–Kier alpha value is -1.98. The quantitative estimate of drug-likeness (QED) is 0.740. The molecule has 16 heavy (non-hydrogen) atoms. The first-order chi connectivity index (χ1) is 7.33. The number of nitrogens with one attached hydrogen (secondary N) is 1. The summed E-state index contributed by atoms with van der Waals surface area (Å²) in [6.07, 6.45) is 1.54. The van der Waals surface area contributed by atoms with Crippen LogP contribution in [-0.2, 0) is 11.8 Å². The van der Waals surface area contributed by atoms with Gasteiger partial charge in [-0.3, -0.25) is 4.79 Å². The highest BCUT2D eigenvalue weighted by molar-refractivity contribution is 6.06. The number of anilines is 1. The number of fused-ring (bicyclic) bond motifs is 1. The molecule has 0 bridgehead atoms. The van der Waals surface area contributed by atoms with E-state index in [1.807, 2.05) is 0 Å². The number of hydrogen-bond donors (Lipinski definition) is 2. The predicted molar refractivity (Wildman–Crippen MR) is 55.7 cm³/mol. The second-order valence-corrected chi connectivity index (χ2v) is 4.20. The SMILES string of the molecule is Cn1cc2c(c1C(=O)O)NC(=O)C(C)(C)O2. The van der Waals surface area contributed by atoms with E-state index in [1.54, 1.807) is 27.1 Å². The van der Waals surface area contributed by atoms with Crippen molar-refractivity contribution in [3.8, 4) is 5.75 Å². The second-order valence-electron chi connectivity index (χ2n) is 4.20. The lowest BCUT2D eigenvalue weighted by Crippen LogP contribution is -2.45. The summed E-state index contributed by atoms with van der Waals surface area (Å²) in [5.41, 5.74) is -0.748. The number of aryl methyl sites for hydroxylation is 1. The Morgan fingerprint density at radius 1 is 1.56 bits per heavy atom. The minimum atomic E-state index is -1.10. The smallest absolute Gasteiger partial charge is 0.354 e. The van der Waals surface area contributed by atoms with Crippen LogP contribution in [0.3, 0.4) is 0 Å². The van der Waals surface area contributed by atoms with Gasteiger partial charge in [0.15, 0.2) is 17.0 Å². The number of aromatic carboxylic acids is 1. The molecule has 1 aliphatic heterocycles. The monoisotopic (exact) mass is 224 g/mol. The number of carbonyl (C=O) groups excluding carboxylic acids is 1. The molecule has 2 N–H and O–H groups in total. The topological polar surface area (TPSA) is 80.6 Å². The molecule has 0 fully saturated rings. The van der Waals surface area contributed by atoms with E-state index in [4.69, 9.17) is 9.84 Å². The van der Waals surface area contributed by atoms with Crippen molar-refractivity contribution in [2.75, 3.05) is 5.32 Å². The fourth-order valence-electron chi connectivity index (χ4n) is 1.64. The average molecular weight is 224 g/mol. The van der Waals surface area contributed by atoms with Gasteiger partial charge in [-0.1, -0.05) is 0 Å². The number of aromatic nitrogens is 1. The molecule has 0 spiro atoms. The largest absolute Gasteiger partial charge is 0.477 e. The van der Waals surface area contributed by atoms with Gasteiger partial charge in [-0.2, -0.15) is 0 Å². The maximum absolute atomic E-state index is 11.6. The molecule has 2 rings (SSSR count). The number of hydrogen-bond acceptors (Lipinski definition) is 3. The molecular weight excluding hydrogens is 212 g/mol. The van der Waals surface area contributed by atoms with Gasteiger partial charge in [0.25, 0.3) is 5.91 Å². The Kier molecular flexibility index (Phi) is 1.98. The molecule has 0 radical (unpaired) electrons. The zero-order valence-electron chi connectivity index (χ0n) is 9.20. The summed E-state index contributed by atoms with van der Waals surface area (Å²) in [5.74, 6) is -1.08. The van der Waals surface area contributed by atoms with E-state index in [1.165, 1.54) is 4.57 Å². The van der Waals surface area contributed by atoms with Gasteiger partial charge in [-0.05, 0) is 13.8 Å². The van der Waals surface area contributed by atoms with Crippen molar-refractivity contribution in [2.45, 2.75) is 19.4 Å². The van der Waals surface area contributed by atoms with Gasteiger partial charge in [-0.15, -0.1) is 0 Å². The molecule has 0 aromatic carbocycles. The number of rotatable bonds is 1. The molecule has 6 nitrogen and oxygen atoms in total. The predicted octanol–water partition coefficient (Wildman–Crippen LogP) is 0.833. The number of carbonyl (C=O) groups is 2. The Labute approximate surface area is 91.8 Å². The number of carboxylic acids is 1. The van der Waals surface area contributed by atoms with Crippen LogP contribution in [0, 0.1) is 0 Å². The Morgan fingerprint density at radius 3 is 2.75 bits per heavy atom. The first-order valence-electron chi connectivity index (χ1n) is 4.76. The number of nitrogens with zero attached hydrogens (tertiary/aromatic N) is 1. The highest BCUT2D eigenvalue weighted by atomic mass is 16.5. The maximum Gasteiger partial charge on any atom is 0.354 e. The Morgan fingerprint density at radius 2 is 2.19 bits per heavy atom. The molecule has 1 aromatic heterocycles. The minimum absolute atomic E-state index is 0.0128. The van der Waals surface area contributed by atoms with Crippen molar-refractivity contribution >= 4 is 17.6 Å². The first kappa shape index (κ1) is 10.5. The minimum Gasteiger partial charge on any atom is -0.477 e. The van der Waals surface area contributed by atoms with Crippen LogP contribution in [-0.4, -0.2) is 27.2 Å². The number of carboxylic acid groups (broad SMARTS) is 1. The molecule has 0 saturated carbocycles. The van der Waals surface area contributed by atoms with Gasteiger partial charge < -0.3 is 19.7 Å². The molecule has 0 aliphatic carbocycles. The van der Waals surface area contributed by atoms with Gasteiger partial charge in [0, 0.05) is 13.2 Å². The van der Waals surface area contributed by atoms with E-state index in [0.29, 0.717) is 5.75 Å². The van der Waals surface area contributed by atoms with Crippen molar-refractivity contribution in [1.82, 2.24) is 4.57 Å². The van der Waals surface area contributed by atoms with Gasteiger partial charge in [0.2, 0.25) is 0 Å². The van der Waals surface area contributed by atoms with Crippen molar-refractivity contribution in [3.05, 3.63) is 11.9 Å². The molecule has 0 atom stereocenters. The van der Waals surface area contributed by atoms with Crippen LogP contribution in [0.5, 0.6) is 5.75 Å². The van der Waals surface area contributed by atoms with Crippen molar-refractivity contribution in [1.29, 1.82) is 0 Å². The highest BCUT2D eigenvalue weighted by Crippen LogP contribution is 2.37. The fraction of sp³-hybridized carbons (Fsp3) is 0.400. The van der Waals surface area contributed by atoms with E-state index in [9.17, 15) is 9.59 Å². The van der Waals surface area contributed by atoms with Crippen molar-refractivity contribution in [2.24, 2.45) is 7.05 Å². The summed E-state index contributed by atoms with van der Waals surface area (Å²) in [6, 6.07) is 0. The lowest BCUT2D eigenvalue weighted by atomic mass is 10.1. The van der Waals surface area contributed by atoms with Crippen LogP contribution >= 0.6 is 0 Å². The number of amides is 1. The van der Waals surface area contributed by atoms with E-state index >= 15 is 0 Å². The summed E-state index contributed by atoms with van der Waals surface area (Å²) >= 11 is 0. The standard InChI is InChI=1S/C10H12N2O4/c1-10(2)9(15)11-6-5(16-10)4-12(3)7(6)8(13)14/h4H,1-3H3,(H,11,15)(H,13,14). The second kappa shape index (κ2) is 3.01. The summed E-state index contributed by atoms with van der Waals surface area (Å²) < 4.78 is 6.86. The lowest BCUT2D eigenvalue weighted by molar-refractivity contribution is -0.129. The van der Waals surface area contributed by atoms with Gasteiger partial charge in [-0.25, -0.2) is 4.79 Å². The van der Waals surface area contributed by atoms with Crippen LogP contribution in [0.2, 0.25) is 0 Å². The lowest BCUT2D eigenvalue weighted by Gasteiger charge is -2.29. The Bertz CT molecular complexity index is 487. The zero-order chi connectivity index (χ0) is 12.1. The summed E-state index contributed by atoms with van der Waals surface area (Å²) in [5, 5.41) is 11.6. The van der Waals surface area contributed by atoms with Crippen molar-refractivity contribution < 1.29 is 19.4 Å². The van der Waals surface area contributed by atoms with Crippen LogP contribution in [0.4, 0.5) is 5.69 Å². The zero-order valence-corrected chi connectivity index (χ0v) is 9.20. The molecular formula is C10H12N2O4. The van der Waals surface area contributed by atoms with Crippen LogP contribution in [0.1, 0.15) is 24.3 Å². The molecule has 2 heterocycles. The molecule has 86 valence electrons. The van der Waals surface area contributed by atoms with Gasteiger partial charge in [0.1, 0.15) is 5.69 Å². The maximum atomic E-state index is 11.6. The van der Waals surface area contributed by atoms with E-state index in [-0.39, 0.29) is 17.3 Å². The normalized spacial score (nSPS) is 17.3. The summed E-state index contributed by atoms with van der Waals surface area (Å²) in [4.78, 5) is 22.6. The average Bonchev–Trinajstić information content (AvgIpc) is 2.40. The molecule has 1 aromatic rings. The molecule has 1 aliphatic rings. The fourth-order valence-corrected chi connectivity index (χ4v) is 1.64. The van der Waals surface area contributed by atoms with E-state index in [0.717, 1.165) is 0 Å². The number of ether oxygens (including phenoxy) is 1.